The second-order valence-corrected chi connectivity index (χ2v) is 6.02. The van der Waals surface area contributed by atoms with Crippen LogP contribution in [-0.2, 0) is 10.4 Å². The number of pyridine rings is 1. The van der Waals surface area contributed by atoms with E-state index in [1.54, 1.807) is 20.8 Å². The van der Waals surface area contributed by atoms with Crippen LogP contribution in [0.25, 0.3) is 0 Å². The quantitative estimate of drug-likeness (QED) is 0.583. The number of hydrogen-bond donors (Lipinski definition) is 0. The minimum absolute atomic E-state index is 0. The summed E-state index contributed by atoms with van der Waals surface area (Å²) in [4.78, 5) is 27.4. The smallest absolute Gasteiger partial charge is 0.545 e. The summed E-state index contributed by atoms with van der Waals surface area (Å²) in [6.07, 6.45) is 0.462. The Morgan fingerprint density at radius 2 is 1.95 bits per heavy atom. The second kappa shape index (κ2) is 6.27. The summed E-state index contributed by atoms with van der Waals surface area (Å²) >= 11 is 0. The Labute approximate surface area is 139 Å². The first-order valence-corrected chi connectivity index (χ1v) is 6.45. The molecule has 0 spiro atoms. The maximum atomic E-state index is 14.5. The molecule has 1 saturated heterocycles. The van der Waals surface area contributed by atoms with E-state index in [1.807, 2.05) is 0 Å². The van der Waals surface area contributed by atoms with E-state index in [9.17, 15) is 19.1 Å². The zero-order valence-electron chi connectivity index (χ0n) is 13.1. The van der Waals surface area contributed by atoms with Crippen molar-refractivity contribution in [1.82, 2.24) is 9.88 Å². The first-order valence-electron chi connectivity index (χ1n) is 6.45. The predicted molar refractivity (Wildman–Crippen MR) is 69.2 cm³/mol. The largest absolute Gasteiger partial charge is 1.00 e. The van der Waals surface area contributed by atoms with Crippen molar-refractivity contribution in [1.29, 1.82) is 0 Å². The molecule has 0 bridgehead atoms. The van der Waals surface area contributed by atoms with E-state index in [0.717, 1.165) is 6.20 Å². The number of carboxylic acid groups (broad SMARTS) is 1. The topological polar surface area (TPSA) is 82.6 Å². The van der Waals surface area contributed by atoms with Crippen molar-refractivity contribution in [2.24, 2.45) is 0 Å². The standard InChI is InChI=1S/C14H17FN2O4.Li/c1-13(2,3)21-12(20)17-7-14(15,8-17)10-5-4-9(6-16-10)11(18)19;/h4-6H,7-8H2,1-3H3,(H,18,19);/q;+1/p-1. The van der Waals surface area contributed by atoms with Crippen LogP contribution in [-0.4, -0.2) is 40.6 Å². The summed E-state index contributed by atoms with van der Waals surface area (Å²) < 4.78 is 19.7. The zero-order chi connectivity index (χ0) is 15.8. The molecule has 0 unspecified atom stereocenters. The third-order valence-electron chi connectivity index (χ3n) is 2.99. The summed E-state index contributed by atoms with van der Waals surface area (Å²) in [5.74, 6) is -1.37. The monoisotopic (exact) mass is 302 g/mol. The number of carboxylic acids is 1. The number of likely N-dealkylation sites (tertiary alicyclic amines) is 1. The van der Waals surface area contributed by atoms with Gasteiger partial charge in [0.25, 0.3) is 0 Å². The number of carbonyl (C=O) groups excluding carboxylic acids is 2. The van der Waals surface area contributed by atoms with E-state index in [1.165, 1.54) is 17.0 Å². The normalized spacial score (nSPS) is 16.3. The van der Waals surface area contributed by atoms with Crippen molar-refractivity contribution in [3.63, 3.8) is 0 Å². The Hall–Kier alpha value is -1.58. The van der Waals surface area contributed by atoms with E-state index in [4.69, 9.17) is 4.74 Å². The van der Waals surface area contributed by atoms with Crippen molar-refractivity contribution in [3.8, 4) is 0 Å². The van der Waals surface area contributed by atoms with Crippen LogP contribution in [0.15, 0.2) is 18.3 Å². The molecule has 1 aromatic rings. The van der Waals surface area contributed by atoms with Crippen LogP contribution in [0.2, 0.25) is 0 Å². The first kappa shape index (κ1) is 18.5. The summed E-state index contributed by atoms with van der Waals surface area (Å²) in [6.45, 7) is 4.86. The Morgan fingerprint density at radius 3 is 2.36 bits per heavy atom. The van der Waals surface area contributed by atoms with E-state index >= 15 is 0 Å². The van der Waals surface area contributed by atoms with Gasteiger partial charge in [0.15, 0.2) is 5.67 Å². The van der Waals surface area contributed by atoms with Crippen LogP contribution in [0, 0.1) is 0 Å². The molecular formula is C14H16FLiN2O4. The fourth-order valence-electron chi connectivity index (χ4n) is 1.96. The van der Waals surface area contributed by atoms with Gasteiger partial charge in [0, 0.05) is 11.8 Å². The SMILES string of the molecule is CC(C)(C)OC(=O)N1CC(F)(c2ccc(C(=O)[O-])cn2)C1.[Li+]. The summed E-state index contributed by atoms with van der Waals surface area (Å²) in [5.41, 5.74) is -2.44. The molecule has 6 nitrogen and oxygen atoms in total. The van der Waals surface area contributed by atoms with Crippen molar-refractivity contribution in [2.45, 2.75) is 32.0 Å². The molecule has 2 rings (SSSR count). The molecule has 0 radical (unpaired) electrons. The van der Waals surface area contributed by atoms with Crippen LogP contribution in [0.5, 0.6) is 0 Å². The summed E-state index contributed by atoms with van der Waals surface area (Å²) in [5, 5.41) is 10.6. The molecule has 2 heterocycles. The van der Waals surface area contributed by atoms with Gasteiger partial charge < -0.3 is 19.5 Å². The fourth-order valence-corrected chi connectivity index (χ4v) is 1.96. The molecule has 22 heavy (non-hydrogen) atoms. The third kappa shape index (κ3) is 3.99. The average Bonchev–Trinajstić information content (AvgIpc) is 2.33. The summed E-state index contributed by atoms with van der Waals surface area (Å²) in [6, 6.07) is 2.52. The number of aromatic carboxylic acids is 1. The van der Waals surface area contributed by atoms with Gasteiger partial charge in [-0.15, -0.1) is 0 Å². The number of rotatable bonds is 2. The third-order valence-corrected chi connectivity index (χ3v) is 2.99. The molecule has 0 saturated carbocycles. The van der Waals surface area contributed by atoms with Crippen molar-refractivity contribution < 1.29 is 42.7 Å². The van der Waals surface area contributed by atoms with Crippen LogP contribution >= 0.6 is 0 Å². The number of amides is 1. The second-order valence-electron chi connectivity index (χ2n) is 6.02. The number of ether oxygens (including phenoxy) is 1. The maximum Gasteiger partial charge on any atom is 1.00 e. The Morgan fingerprint density at radius 1 is 1.36 bits per heavy atom. The molecule has 1 fully saturated rings. The molecule has 1 amide bonds. The van der Waals surface area contributed by atoms with Crippen LogP contribution in [0.3, 0.4) is 0 Å². The maximum absolute atomic E-state index is 14.5. The van der Waals surface area contributed by atoms with Gasteiger partial charge in [-0.1, -0.05) is 0 Å². The molecule has 114 valence electrons. The predicted octanol–water partition coefficient (Wildman–Crippen LogP) is -2.14. The molecule has 1 aliphatic heterocycles. The van der Waals surface area contributed by atoms with Gasteiger partial charge in [-0.25, -0.2) is 9.18 Å². The first-order chi connectivity index (χ1) is 9.61. The Balaban J connectivity index is 0.00000242. The van der Waals surface area contributed by atoms with Crippen molar-refractivity contribution >= 4 is 12.1 Å². The van der Waals surface area contributed by atoms with Crippen LogP contribution in [0.4, 0.5) is 9.18 Å². The van der Waals surface area contributed by atoms with Crippen LogP contribution < -0.4 is 24.0 Å². The number of hydrogen-bond acceptors (Lipinski definition) is 5. The molecule has 1 aromatic heterocycles. The Bertz CT molecular complexity index is 565. The molecule has 8 heteroatoms. The Kier molecular flexibility index (Phi) is 5.26. The van der Waals surface area contributed by atoms with Gasteiger partial charge in [-0.05, 0) is 32.9 Å². The van der Waals surface area contributed by atoms with Gasteiger partial charge in [-0.3, -0.25) is 4.98 Å². The van der Waals surface area contributed by atoms with Gasteiger partial charge in [-0.2, -0.15) is 0 Å². The molecule has 0 N–H and O–H groups in total. The number of carbonyl (C=O) groups is 2. The number of aromatic nitrogens is 1. The minimum atomic E-state index is -1.78. The van der Waals surface area contributed by atoms with E-state index in [0.29, 0.717) is 0 Å². The zero-order valence-corrected chi connectivity index (χ0v) is 13.1. The van der Waals surface area contributed by atoms with Crippen LogP contribution in [0.1, 0.15) is 36.8 Å². The van der Waals surface area contributed by atoms with E-state index in [2.05, 4.69) is 4.98 Å². The molecular weight excluding hydrogens is 286 g/mol. The van der Waals surface area contributed by atoms with Gasteiger partial charge >= 0.3 is 25.0 Å². The van der Waals surface area contributed by atoms with E-state index < -0.39 is 23.3 Å². The summed E-state index contributed by atoms with van der Waals surface area (Å²) in [7, 11) is 0. The van der Waals surface area contributed by atoms with Crippen molar-refractivity contribution in [2.75, 3.05) is 13.1 Å². The number of alkyl halides is 1. The minimum Gasteiger partial charge on any atom is -0.545 e. The fraction of sp³-hybridized carbons (Fsp3) is 0.500. The molecule has 0 aliphatic carbocycles. The molecule has 0 atom stereocenters. The van der Waals surface area contributed by atoms with Gasteiger partial charge in [0.1, 0.15) is 5.60 Å². The number of nitrogens with zero attached hydrogens (tertiary/aromatic N) is 2. The van der Waals surface area contributed by atoms with E-state index in [-0.39, 0.29) is 43.2 Å². The van der Waals surface area contributed by atoms with Crippen molar-refractivity contribution in [3.05, 3.63) is 29.6 Å². The average molecular weight is 302 g/mol. The molecule has 0 aromatic carbocycles. The molecule has 1 aliphatic rings. The van der Waals surface area contributed by atoms with Gasteiger partial charge in [0.2, 0.25) is 0 Å². The number of halogens is 1. The van der Waals surface area contributed by atoms with Gasteiger partial charge in [0.05, 0.1) is 24.8 Å².